The van der Waals surface area contributed by atoms with Crippen LogP contribution in [-0.4, -0.2) is 34.9 Å². The van der Waals surface area contributed by atoms with Crippen LogP contribution in [0.2, 0.25) is 0 Å². The predicted octanol–water partition coefficient (Wildman–Crippen LogP) is 3.09. The quantitative estimate of drug-likeness (QED) is 0.550. The first kappa shape index (κ1) is 20.7. The van der Waals surface area contributed by atoms with Crippen molar-refractivity contribution in [3.8, 4) is 5.75 Å². The average Bonchev–Trinajstić information content (AvgIpc) is 2.88. The highest BCUT2D eigenvalue weighted by molar-refractivity contribution is 5.79. The van der Waals surface area contributed by atoms with E-state index < -0.39 is 0 Å². The molecule has 0 aliphatic heterocycles. The van der Waals surface area contributed by atoms with Crippen LogP contribution < -0.4 is 15.4 Å². The lowest BCUT2D eigenvalue weighted by atomic mass is 10.2. The fraction of sp³-hybridized carbons (Fsp3) is 0.500. The lowest BCUT2D eigenvalue weighted by Gasteiger charge is -2.20. The Morgan fingerprint density at radius 2 is 2.07 bits per heavy atom. The summed E-state index contributed by atoms with van der Waals surface area (Å²) in [4.78, 5) is 4.67. The Morgan fingerprint density at radius 1 is 1.30 bits per heavy atom. The van der Waals surface area contributed by atoms with Gasteiger partial charge in [0, 0.05) is 30.9 Å². The Balaban J connectivity index is 1.99. The third-order valence-corrected chi connectivity index (χ3v) is 4.45. The van der Waals surface area contributed by atoms with Gasteiger partial charge < -0.3 is 15.4 Å². The van der Waals surface area contributed by atoms with Crippen LogP contribution in [0.1, 0.15) is 37.2 Å². The Bertz CT molecular complexity index is 772. The summed E-state index contributed by atoms with van der Waals surface area (Å²) < 4.78 is 21.1. The Kier molecular flexibility index (Phi) is 7.64. The van der Waals surface area contributed by atoms with Gasteiger partial charge in [0.2, 0.25) is 0 Å². The molecule has 0 amide bonds. The molecule has 0 spiro atoms. The first-order chi connectivity index (χ1) is 12.9. The first-order valence-electron chi connectivity index (χ1n) is 9.38. The van der Waals surface area contributed by atoms with Crippen molar-refractivity contribution in [2.45, 2.75) is 46.8 Å². The fourth-order valence-corrected chi connectivity index (χ4v) is 2.76. The molecule has 1 unspecified atom stereocenters. The summed E-state index contributed by atoms with van der Waals surface area (Å²) in [6, 6.07) is 6.22. The number of rotatable bonds is 8. The van der Waals surface area contributed by atoms with E-state index in [1.807, 2.05) is 39.4 Å². The molecule has 0 fully saturated rings. The maximum Gasteiger partial charge on any atom is 0.191 e. The monoisotopic (exact) mass is 375 g/mol. The lowest BCUT2D eigenvalue weighted by Crippen LogP contribution is -2.42. The first-order valence-corrected chi connectivity index (χ1v) is 9.38. The molecule has 1 aromatic heterocycles. The summed E-state index contributed by atoms with van der Waals surface area (Å²) in [6.07, 6.45) is 0.710. The second kappa shape index (κ2) is 9.94. The number of nitrogens with zero attached hydrogens (tertiary/aromatic N) is 3. The minimum Gasteiger partial charge on any atom is -0.489 e. The summed E-state index contributed by atoms with van der Waals surface area (Å²) in [5.74, 6) is 0.959. The molecule has 0 bridgehead atoms. The smallest absolute Gasteiger partial charge is 0.191 e. The number of hydrogen-bond donors (Lipinski definition) is 2. The number of ether oxygens (including phenoxy) is 1. The van der Waals surface area contributed by atoms with Crippen LogP contribution >= 0.6 is 0 Å². The van der Waals surface area contributed by atoms with Gasteiger partial charge in [-0.25, -0.2) is 9.38 Å². The molecule has 6 nitrogen and oxygen atoms in total. The Morgan fingerprint density at radius 3 is 2.67 bits per heavy atom. The molecular weight excluding hydrogens is 345 g/mol. The van der Waals surface area contributed by atoms with Gasteiger partial charge in [-0.2, -0.15) is 5.10 Å². The van der Waals surface area contributed by atoms with Crippen molar-refractivity contribution >= 4 is 5.96 Å². The van der Waals surface area contributed by atoms with Crippen molar-refractivity contribution in [2.24, 2.45) is 12.0 Å². The number of nitrogens with one attached hydrogen (secondary N) is 2. The third-order valence-electron chi connectivity index (χ3n) is 4.45. The molecule has 2 rings (SSSR count). The van der Waals surface area contributed by atoms with E-state index in [0.29, 0.717) is 18.8 Å². The van der Waals surface area contributed by atoms with Crippen LogP contribution in [0.4, 0.5) is 4.39 Å². The largest absolute Gasteiger partial charge is 0.489 e. The zero-order chi connectivity index (χ0) is 19.8. The standard InChI is InChI=1S/C20H30FN5O/c1-6-17(27-18-10-8-9-16(21)11-18)12-23-20(22-7-2)24-13-19-14(3)25-26(5)15(19)4/h8-11,17H,6-7,12-13H2,1-5H3,(H2,22,23,24). The van der Waals surface area contributed by atoms with Crippen LogP contribution in [0.5, 0.6) is 5.75 Å². The molecular formula is C20H30FN5O. The van der Waals surface area contributed by atoms with E-state index in [1.54, 1.807) is 12.1 Å². The van der Waals surface area contributed by atoms with Gasteiger partial charge in [-0.05, 0) is 39.3 Å². The molecule has 27 heavy (non-hydrogen) atoms. The molecule has 0 saturated carbocycles. The van der Waals surface area contributed by atoms with Crippen LogP contribution in [0.25, 0.3) is 0 Å². The topological polar surface area (TPSA) is 63.5 Å². The zero-order valence-corrected chi connectivity index (χ0v) is 16.8. The van der Waals surface area contributed by atoms with Gasteiger partial charge in [0.1, 0.15) is 17.7 Å². The highest BCUT2D eigenvalue weighted by Gasteiger charge is 2.12. The second-order valence-corrected chi connectivity index (χ2v) is 6.45. The van der Waals surface area contributed by atoms with Crippen LogP contribution in [0.15, 0.2) is 29.3 Å². The van der Waals surface area contributed by atoms with Crippen molar-refractivity contribution in [2.75, 3.05) is 13.1 Å². The van der Waals surface area contributed by atoms with Crippen molar-refractivity contribution < 1.29 is 9.13 Å². The van der Waals surface area contributed by atoms with Gasteiger partial charge in [-0.15, -0.1) is 0 Å². The molecule has 0 radical (unpaired) electrons. The maximum atomic E-state index is 13.3. The minimum atomic E-state index is -0.299. The molecule has 7 heteroatoms. The summed E-state index contributed by atoms with van der Waals surface area (Å²) >= 11 is 0. The highest BCUT2D eigenvalue weighted by atomic mass is 19.1. The number of hydrogen-bond acceptors (Lipinski definition) is 3. The summed E-state index contributed by atoms with van der Waals surface area (Å²) in [5.41, 5.74) is 3.25. The molecule has 2 aromatic rings. The van der Waals surface area contributed by atoms with Gasteiger partial charge in [0.05, 0.1) is 18.8 Å². The molecule has 1 aromatic carbocycles. The van der Waals surface area contributed by atoms with E-state index in [9.17, 15) is 4.39 Å². The number of aryl methyl sites for hydroxylation is 2. The van der Waals surface area contributed by atoms with Gasteiger partial charge in [-0.1, -0.05) is 13.0 Å². The fourth-order valence-electron chi connectivity index (χ4n) is 2.76. The molecule has 2 N–H and O–H groups in total. The zero-order valence-electron chi connectivity index (χ0n) is 16.8. The van der Waals surface area contributed by atoms with Gasteiger partial charge in [0.15, 0.2) is 5.96 Å². The number of aromatic nitrogens is 2. The molecule has 0 aliphatic carbocycles. The number of halogens is 1. The SMILES string of the molecule is CCNC(=NCc1c(C)nn(C)c1C)NCC(CC)Oc1cccc(F)c1. The van der Waals surface area contributed by atoms with Crippen molar-refractivity contribution in [1.82, 2.24) is 20.4 Å². The Hall–Kier alpha value is -2.57. The van der Waals surface area contributed by atoms with Crippen molar-refractivity contribution in [3.63, 3.8) is 0 Å². The number of guanidine groups is 1. The predicted molar refractivity (Wildman–Crippen MR) is 107 cm³/mol. The van der Waals surface area contributed by atoms with Gasteiger partial charge in [0.25, 0.3) is 0 Å². The van der Waals surface area contributed by atoms with E-state index >= 15 is 0 Å². The van der Waals surface area contributed by atoms with E-state index in [4.69, 9.17) is 4.74 Å². The van der Waals surface area contributed by atoms with Crippen LogP contribution in [0, 0.1) is 19.7 Å². The lowest BCUT2D eigenvalue weighted by molar-refractivity contribution is 0.198. The van der Waals surface area contributed by atoms with E-state index in [-0.39, 0.29) is 11.9 Å². The van der Waals surface area contributed by atoms with Gasteiger partial charge >= 0.3 is 0 Å². The molecule has 148 valence electrons. The van der Waals surface area contributed by atoms with E-state index in [1.165, 1.54) is 12.1 Å². The van der Waals surface area contributed by atoms with Gasteiger partial charge in [-0.3, -0.25) is 4.68 Å². The number of aliphatic imine (C=N–C) groups is 1. The molecule has 1 atom stereocenters. The average molecular weight is 375 g/mol. The molecule has 1 heterocycles. The minimum absolute atomic E-state index is 0.0856. The summed E-state index contributed by atoms with van der Waals surface area (Å²) in [6.45, 7) is 10.0. The highest BCUT2D eigenvalue weighted by Crippen LogP contribution is 2.15. The maximum absolute atomic E-state index is 13.3. The van der Waals surface area contributed by atoms with Crippen LogP contribution in [-0.2, 0) is 13.6 Å². The Labute approximate surface area is 160 Å². The van der Waals surface area contributed by atoms with Crippen molar-refractivity contribution in [3.05, 3.63) is 47.0 Å². The van der Waals surface area contributed by atoms with Crippen LogP contribution in [0.3, 0.4) is 0 Å². The normalized spacial score (nSPS) is 12.7. The third kappa shape index (κ3) is 5.98. The van der Waals surface area contributed by atoms with E-state index in [2.05, 4.69) is 20.7 Å². The second-order valence-electron chi connectivity index (χ2n) is 6.45. The molecule has 0 saturated heterocycles. The summed E-state index contributed by atoms with van der Waals surface area (Å²) in [5, 5.41) is 11.0. The summed E-state index contributed by atoms with van der Waals surface area (Å²) in [7, 11) is 1.94. The number of benzene rings is 1. The van der Waals surface area contributed by atoms with Crippen molar-refractivity contribution in [1.29, 1.82) is 0 Å². The van der Waals surface area contributed by atoms with E-state index in [0.717, 1.165) is 35.9 Å². The molecule has 0 aliphatic rings.